The number of aliphatic carboxylic acids is 1. The van der Waals surface area contributed by atoms with Crippen LogP contribution < -0.4 is 5.73 Å². The second-order valence-corrected chi connectivity index (χ2v) is 1.36. The molecule has 4 heteroatoms. The van der Waals surface area contributed by atoms with Crippen molar-refractivity contribution < 1.29 is 14.7 Å². The molecule has 0 aromatic carbocycles. The zero-order valence-electron chi connectivity index (χ0n) is 5.83. The van der Waals surface area contributed by atoms with Crippen LogP contribution in [0.15, 0.2) is 12.7 Å². The van der Waals surface area contributed by atoms with Gasteiger partial charge in [0.15, 0.2) is 0 Å². The Hall–Kier alpha value is -1.32. The molecule has 0 aromatic heterocycles. The van der Waals surface area contributed by atoms with Crippen LogP contribution >= 0.6 is 0 Å². The molecular formula is C6H11NO3. The minimum absolute atomic E-state index is 0.245. The van der Waals surface area contributed by atoms with Gasteiger partial charge >= 0.3 is 5.97 Å². The molecule has 4 nitrogen and oxygen atoms in total. The van der Waals surface area contributed by atoms with Gasteiger partial charge in [-0.2, -0.15) is 0 Å². The maximum Gasteiger partial charge on any atom is 0.327 e. The normalized spacial score (nSPS) is 6.90. The molecule has 0 unspecified atom stereocenters. The van der Waals surface area contributed by atoms with E-state index >= 15 is 0 Å². The monoisotopic (exact) mass is 145 g/mol. The fraction of sp³-hybridized carbons (Fsp3) is 0.333. The molecule has 0 rings (SSSR count). The van der Waals surface area contributed by atoms with Crippen molar-refractivity contribution in [1.82, 2.24) is 0 Å². The van der Waals surface area contributed by atoms with Gasteiger partial charge in [0, 0.05) is 12.5 Å². The Kier molecular flexibility index (Phi) is 8.81. The Bertz CT molecular complexity index is 131. The van der Waals surface area contributed by atoms with Crippen molar-refractivity contribution in [1.29, 1.82) is 0 Å². The van der Waals surface area contributed by atoms with Crippen molar-refractivity contribution in [3.63, 3.8) is 0 Å². The van der Waals surface area contributed by atoms with Crippen LogP contribution in [0.4, 0.5) is 0 Å². The van der Waals surface area contributed by atoms with E-state index in [1.165, 1.54) is 0 Å². The third kappa shape index (κ3) is 30.0. The number of hydrogen-bond donors (Lipinski definition) is 2. The van der Waals surface area contributed by atoms with Gasteiger partial charge in [0.25, 0.3) is 0 Å². The molecule has 58 valence electrons. The first-order valence-corrected chi connectivity index (χ1v) is 2.68. The SMILES string of the molecule is C=CC(=O)O.CCC(N)=O. The fourth-order valence-corrected chi connectivity index (χ4v) is 0. The van der Waals surface area contributed by atoms with Crippen molar-refractivity contribution in [3.8, 4) is 0 Å². The maximum absolute atomic E-state index is 9.59. The molecule has 0 bridgehead atoms. The van der Waals surface area contributed by atoms with E-state index in [2.05, 4.69) is 12.3 Å². The van der Waals surface area contributed by atoms with Crippen molar-refractivity contribution in [2.75, 3.05) is 0 Å². The van der Waals surface area contributed by atoms with Gasteiger partial charge in [-0.05, 0) is 0 Å². The number of primary amides is 1. The van der Waals surface area contributed by atoms with Gasteiger partial charge in [-0.25, -0.2) is 4.79 Å². The predicted molar refractivity (Wildman–Crippen MR) is 37.3 cm³/mol. The predicted octanol–water partition coefficient (Wildman–Crippen LogP) is 0.139. The molecule has 0 fully saturated rings. The average molecular weight is 145 g/mol. The van der Waals surface area contributed by atoms with Crippen LogP contribution in [0.25, 0.3) is 0 Å². The van der Waals surface area contributed by atoms with Crippen molar-refractivity contribution >= 4 is 11.9 Å². The molecule has 0 aliphatic rings. The molecular weight excluding hydrogens is 134 g/mol. The van der Waals surface area contributed by atoms with E-state index in [0.717, 1.165) is 6.08 Å². The highest BCUT2D eigenvalue weighted by atomic mass is 16.4. The highest BCUT2D eigenvalue weighted by molar-refractivity contribution is 5.78. The summed E-state index contributed by atoms with van der Waals surface area (Å²) in [5.74, 6) is -1.23. The summed E-state index contributed by atoms with van der Waals surface area (Å²) in [6.07, 6.45) is 1.28. The summed E-state index contributed by atoms with van der Waals surface area (Å²) < 4.78 is 0. The molecule has 10 heavy (non-hydrogen) atoms. The minimum Gasteiger partial charge on any atom is -0.478 e. The molecule has 0 saturated carbocycles. The highest BCUT2D eigenvalue weighted by Crippen LogP contribution is 1.63. The van der Waals surface area contributed by atoms with Crippen LogP contribution in [0.1, 0.15) is 13.3 Å². The van der Waals surface area contributed by atoms with Crippen LogP contribution in [0.2, 0.25) is 0 Å². The highest BCUT2D eigenvalue weighted by Gasteiger charge is 1.77. The summed E-state index contributed by atoms with van der Waals surface area (Å²) in [5.41, 5.74) is 4.65. The Balaban J connectivity index is 0. The van der Waals surface area contributed by atoms with Gasteiger partial charge in [-0.3, -0.25) is 4.79 Å². The lowest BCUT2D eigenvalue weighted by Gasteiger charge is -1.73. The lowest BCUT2D eigenvalue weighted by molar-refractivity contribution is -0.131. The Morgan fingerprint density at radius 1 is 1.70 bits per heavy atom. The molecule has 0 heterocycles. The van der Waals surface area contributed by atoms with Gasteiger partial charge in [-0.15, -0.1) is 0 Å². The number of amides is 1. The van der Waals surface area contributed by atoms with Gasteiger partial charge in [0.1, 0.15) is 0 Å². The van der Waals surface area contributed by atoms with Crippen molar-refractivity contribution in [3.05, 3.63) is 12.7 Å². The van der Waals surface area contributed by atoms with Gasteiger partial charge < -0.3 is 10.8 Å². The van der Waals surface area contributed by atoms with Gasteiger partial charge in [-0.1, -0.05) is 13.5 Å². The van der Waals surface area contributed by atoms with E-state index < -0.39 is 5.97 Å². The van der Waals surface area contributed by atoms with E-state index in [0.29, 0.717) is 6.42 Å². The lowest BCUT2D eigenvalue weighted by Crippen LogP contribution is -2.06. The van der Waals surface area contributed by atoms with E-state index in [1.807, 2.05) is 0 Å². The quantitative estimate of drug-likeness (QED) is 0.542. The molecule has 0 saturated heterocycles. The molecule has 0 spiro atoms. The first-order chi connectivity index (χ1) is 4.54. The number of carbonyl (C=O) groups is 2. The second-order valence-electron chi connectivity index (χ2n) is 1.36. The average Bonchev–Trinajstić information content (AvgIpc) is 1.89. The summed E-state index contributed by atoms with van der Waals surface area (Å²) in [7, 11) is 0. The molecule has 0 atom stereocenters. The van der Waals surface area contributed by atoms with Gasteiger partial charge in [0.05, 0.1) is 0 Å². The zero-order chi connectivity index (χ0) is 8.57. The summed E-state index contributed by atoms with van der Waals surface area (Å²) in [5, 5.41) is 7.60. The van der Waals surface area contributed by atoms with Crippen molar-refractivity contribution in [2.24, 2.45) is 5.73 Å². The number of nitrogens with two attached hydrogens (primary N) is 1. The smallest absolute Gasteiger partial charge is 0.327 e. The van der Waals surface area contributed by atoms with Crippen LogP contribution in [0.5, 0.6) is 0 Å². The number of carbonyl (C=O) groups excluding carboxylic acids is 1. The van der Waals surface area contributed by atoms with Crippen molar-refractivity contribution in [2.45, 2.75) is 13.3 Å². The number of carboxylic acid groups (broad SMARTS) is 1. The maximum atomic E-state index is 9.59. The van der Waals surface area contributed by atoms with E-state index in [9.17, 15) is 9.59 Å². The topological polar surface area (TPSA) is 80.4 Å². The molecule has 0 aliphatic carbocycles. The number of rotatable bonds is 2. The Morgan fingerprint density at radius 2 is 1.90 bits per heavy atom. The zero-order valence-corrected chi connectivity index (χ0v) is 5.83. The summed E-state index contributed by atoms with van der Waals surface area (Å²) in [4.78, 5) is 18.8. The van der Waals surface area contributed by atoms with Gasteiger partial charge in [0.2, 0.25) is 5.91 Å². The largest absolute Gasteiger partial charge is 0.478 e. The van der Waals surface area contributed by atoms with E-state index in [-0.39, 0.29) is 5.91 Å². The number of hydrogen-bond acceptors (Lipinski definition) is 2. The van der Waals surface area contributed by atoms with E-state index in [1.54, 1.807) is 6.92 Å². The Morgan fingerprint density at radius 3 is 1.90 bits per heavy atom. The minimum atomic E-state index is -0.981. The molecule has 1 amide bonds. The fourth-order valence-electron chi connectivity index (χ4n) is 0. The van der Waals surface area contributed by atoms with Crippen LogP contribution in [-0.4, -0.2) is 17.0 Å². The second kappa shape index (κ2) is 7.68. The molecule has 0 aliphatic heterocycles. The first-order valence-electron chi connectivity index (χ1n) is 2.68. The van der Waals surface area contributed by atoms with E-state index in [4.69, 9.17) is 5.11 Å². The third-order valence-corrected chi connectivity index (χ3v) is 0.523. The lowest BCUT2D eigenvalue weighted by atomic mass is 10.5. The molecule has 0 aromatic rings. The number of carboxylic acids is 1. The molecule has 0 radical (unpaired) electrons. The molecule has 3 N–H and O–H groups in total. The Labute approximate surface area is 59.3 Å². The summed E-state index contributed by atoms with van der Waals surface area (Å²) >= 11 is 0. The van der Waals surface area contributed by atoms with Crippen LogP contribution in [0, 0.1) is 0 Å². The van der Waals surface area contributed by atoms with Crippen LogP contribution in [-0.2, 0) is 9.59 Å². The summed E-state index contributed by atoms with van der Waals surface area (Å²) in [6, 6.07) is 0. The first kappa shape index (κ1) is 11.5. The summed E-state index contributed by atoms with van der Waals surface area (Å²) in [6.45, 7) is 4.69. The third-order valence-electron chi connectivity index (χ3n) is 0.523. The van der Waals surface area contributed by atoms with Crippen LogP contribution in [0.3, 0.4) is 0 Å². The standard InChI is InChI=1S/C3H7NO.C3H4O2/c2*1-2-3(4)5/h2H2,1H3,(H2,4,5);2H,1H2,(H,4,5).